The fourth-order valence-corrected chi connectivity index (χ4v) is 3.08. The zero-order chi connectivity index (χ0) is 15.5. The number of aryl methyl sites for hydroxylation is 1. The molecule has 1 aliphatic rings. The van der Waals surface area contributed by atoms with E-state index in [1.165, 1.54) is 5.69 Å². The van der Waals surface area contributed by atoms with Gasteiger partial charge in [-0.2, -0.15) is 0 Å². The van der Waals surface area contributed by atoms with Crippen LogP contribution < -0.4 is 5.32 Å². The number of hydrogen-bond donors (Lipinski definition) is 2. The lowest BCUT2D eigenvalue weighted by atomic mass is 10.1. The van der Waals surface area contributed by atoms with E-state index in [0.29, 0.717) is 6.54 Å². The lowest BCUT2D eigenvalue weighted by Crippen LogP contribution is -2.39. The molecular weight excluding hydrogens is 278 g/mol. The number of hydrogen-bond acceptors (Lipinski definition) is 2. The van der Waals surface area contributed by atoms with Crippen LogP contribution in [0.15, 0.2) is 42.6 Å². The molecule has 1 aromatic carbocycles. The van der Waals surface area contributed by atoms with Crippen LogP contribution in [0.2, 0.25) is 0 Å². The van der Waals surface area contributed by atoms with E-state index in [-0.39, 0.29) is 17.8 Å². The number of likely N-dealkylation sites (tertiary alicyclic amines) is 1. The van der Waals surface area contributed by atoms with E-state index in [0.717, 1.165) is 24.9 Å². The van der Waals surface area contributed by atoms with Gasteiger partial charge in [0.05, 0.1) is 6.04 Å². The number of benzene rings is 1. The molecule has 2 N–H and O–H groups in total. The zero-order valence-corrected chi connectivity index (χ0v) is 12.7. The average Bonchev–Trinajstić information content (AvgIpc) is 3.13. The molecule has 5 heteroatoms. The van der Waals surface area contributed by atoms with Crippen LogP contribution in [0.5, 0.6) is 5.75 Å². The van der Waals surface area contributed by atoms with Gasteiger partial charge in [-0.05, 0) is 42.7 Å². The Kier molecular flexibility index (Phi) is 4.04. The summed E-state index contributed by atoms with van der Waals surface area (Å²) in [5.74, 6) is 0.217. The monoisotopic (exact) mass is 299 g/mol. The summed E-state index contributed by atoms with van der Waals surface area (Å²) in [6.45, 7) is 1.20. The molecule has 1 fully saturated rings. The minimum Gasteiger partial charge on any atom is -0.508 e. The molecule has 116 valence electrons. The summed E-state index contributed by atoms with van der Waals surface area (Å²) in [5, 5.41) is 12.4. The van der Waals surface area contributed by atoms with E-state index in [9.17, 15) is 9.90 Å². The molecule has 3 rings (SSSR count). The van der Waals surface area contributed by atoms with Crippen molar-refractivity contribution in [3.8, 4) is 5.75 Å². The Morgan fingerprint density at radius 1 is 1.36 bits per heavy atom. The van der Waals surface area contributed by atoms with Crippen LogP contribution >= 0.6 is 0 Å². The summed E-state index contributed by atoms with van der Waals surface area (Å²) >= 11 is 0. The Morgan fingerprint density at radius 2 is 2.23 bits per heavy atom. The van der Waals surface area contributed by atoms with Gasteiger partial charge in [0.15, 0.2) is 0 Å². The number of phenols is 1. The number of urea groups is 1. The van der Waals surface area contributed by atoms with Crippen LogP contribution in [0, 0.1) is 0 Å². The Bertz CT molecular complexity index is 665. The Morgan fingerprint density at radius 3 is 2.95 bits per heavy atom. The van der Waals surface area contributed by atoms with E-state index in [4.69, 9.17) is 0 Å². The van der Waals surface area contributed by atoms with E-state index >= 15 is 0 Å². The first kappa shape index (κ1) is 14.5. The second-order valence-electron chi connectivity index (χ2n) is 5.72. The Labute approximate surface area is 130 Å². The van der Waals surface area contributed by atoms with E-state index in [2.05, 4.69) is 16.0 Å². The first-order valence-corrected chi connectivity index (χ1v) is 7.59. The van der Waals surface area contributed by atoms with Gasteiger partial charge in [-0.15, -0.1) is 0 Å². The number of carbonyl (C=O) groups excluding carboxylic acids is 1. The number of aromatic nitrogens is 1. The molecule has 22 heavy (non-hydrogen) atoms. The van der Waals surface area contributed by atoms with E-state index in [1.54, 1.807) is 18.2 Å². The SMILES string of the molecule is Cn1cccc1C1CCCN1C(=O)NCc1cccc(O)c1. The third-order valence-electron chi connectivity index (χ3n) is 4.19. The minimum absolute atomic E-state index is 0.0490. The van der Waals surface area contributed by atoms with Gasteiger partial charge >= 0.3 is 6.03 Å². The van der Waals surface area contributed by atoms with Crippen molar-refractivity contribution in [1.29, 1.82) is 0 Å². The molecule has 1 unspecified atom stereocenters. The average molecular weight is 299 g/mol. The summed E-state index contributed by atoms with van der Waals surface area (Å²) in [7, 11) is 2.01. The third-order valence-corrected chi connectivity index (χ3v) is 4.19. The van der Waals surface area contributed by atoms with Crippen LogP contribution in [0.4, 0.5) is 4.79 Å². The van der Waals surface area contributed by atoms with E-state index in [1.807, 2.05) is 30.3 Å². The predicted molar refractivity (Wildman–Crippen MR) is 84.4 cm³/mol. The molecule has 1 aliphatic heterocycles. The molecule has 2 heterocycles. The molecule has 5 nitrogen and oxygen atoms in total. The molecule has 1 saturated heterocycles. The molecular formula is C17H21N3O2. The van der Waals surface area contributed by atoms with Gasteiger partial charge in [-0.25, -0.2) is 4.79 Å². The number of aromatic hydroxyl groups is 1. The molecule has 1 atom stereocenters. The predicted octanol–water partition coefficient (Wildman–Crippen LogP) is 2.78. The van der Waals surface area contributed by atoms with Crippen LogP contribution in [0.1, 0.15) is 30.1 Å². The van der Waals surface area contributed by atoms with Crippen LogP contribution in [0.25, 0.3) is 0 Å². The summed E-state index contributed by atoms with van der Waals surface area (Å²) in [6.07, 6.45) is 4.03. The maximum Gasteiger partial charge on any atom is 0.318 e. The van der Waals surface area contributed by atoms with Gasteiger partial charge in [0.2, 0.25) is 0 Å². The molecule has 0 radical (unpaired) electrons. The molecule has 0 bridgehead atoms. The first-order valence-electron chi connectivity index (χ1n) is 7.59. The van der Waals surface area contributed by atoms with Gasteiger partial charge in [-0.1, -0.05) is 12.1 Å². The Balaban J connectivity index is 1.65. The molecule has 0 spiro atoms. The standard InChI is InChI=1S/C17H21N3O2/c1-19-9-3-7-15(19)16-8-4-10-20(16)17(22)18-12-13-5-2-6-14(21)11-13/h2-3,5-7,9,11,16,21H,4,8,10,12H2,1H3,(H,18,22). The molecule has 1 aromatic heterocycles. The van der Waals surface area contributed by atoms with Crippen molar-refractivity contribution in [3.63, 3.8) is 0 Å². The highest BCUT2D eigenvalue weighted by Gasteiger charge is 2.31. The van der Waals surface area contributed by atoms with Crippen molar-refractivity contribution in [1.82, 2.24) is 14.8 Å². The maximum absolute atomic E-state index is 12.5. The van der Waals surface area contributed by atoms with Crippen LogP contribution in [-0.2, 0) is 13.6 Å². The lowest BCUT2D eigenvalue weighted by Gasteiger charge is -2.25. The van der Waals surface area contributed by atoms with Crippen LogP contribution in [-0.4, -0.2) is 27.1 Å². The number of nitrogens with one attached hydrogen (secondary N) is 1. The Hall–Kier alpha value is -2.43. The van der Waals surface area contributed by atoms with Crippen molar-refractivity contribution in [2.75, 3.05) is 6.54 Å². The summed E-state index contributed by atoms with van der Waals surface area (Å²) < 4.78 is 2.07. The van der Waals surface area contributed by atoms with Crippen molar-refractivity contribution in [2.45, 2.75) is 25.4 Å². The summed E-state index contributed by atoms with van der Waals surface area (Å²) in [6, 6.07) is 11.1. The summed E-state index contributed by atoms with van der Waals surface area (Å²) in [5.41, 5.74) is 2.06. The highest BCUT2D eigenvalue weighted by Crippen LogP contribution is 2.31. The van der Waals surface area contributed by atoms with Gasteiger partial charge in [0.1, 0.15) is 5.75 Å². The molecule has 0 saturated carbocycles. The van der Waals surface area contributed by atoms with Crippen molar-refractivity contribution in [2.24, 2.45) is 7.05 Å². The van der Waals surface area contributed by atoms with Crippen LogP contribution in [0.3, 0.4) is 0 Å². The topological polar surface area (TPSA) is 57.5 Å². The maximum atomic E-state index is 12.5. The second kappa shape index (κ2) is 6.13. The van der Waals surface area contributed by atoms with E-state index < -0.39 is 0 Å². The second-order valence-corrected chi connectivity index (χ2v) is 5.72. The number of nitrogens with zero attached hydrogens (tertiary/aromatic N) is 2. The molecule has 2 aromatic rings. The summed E-state index contributed by atoms with van der Waals surface area (Å²) in [4.78, 5) is 14.4. The fourth-order valence-electron chi connectivity index (χ4n) is 3.08. The highest BCUT2D eigenvalue weighted by atomic mass is 16.3. The van der Waals surface area contributed by atoms with Gasteiger partial charge < -0.3 is 19.9 Å². The zero-order valence-electron chi connectivity index (χ0n) is 12.7. The van der Waals surface area contributed by atoms with Gasteiger partial charge in [-0.3, -0.25) is 0 Å². The first-order chi connectivity index (χ1) is 10.6. The van der Waals surface area contributed by atoms with Gasteiger partial charge in [0, 0.05) is 32.0 Å². The fraction of sp³-hybridized carbons (Fsp3) is 0.353. The number of amides is 2. The largest absolute Gasteiger partial charge is 0.508 e. The molecule has 2 amide bonds. The van der Waals surface area contributed by atoms with Gasteiger partial charge in [0.25, 0.3) is 0 Å². The number of carbonyl (C=O) groups is 1. The molecule has 0 aliphatic carbocycles. The third kappa shape index (κ3) is 2.93. The minimum atomic E-state index is -0.0490. The van der Waals surface area contributed by atoms with Crippen molar-refractivity contribution < 1.29 is 9.90 Å². The normalized spacial score (nSPS) is 17.7. The lowest BCUT2D eigenvalue weighted by molar-refractivity contribution is 0.191. The number of phenolic OH excluding ortho intramolecular Hbond substituents is 1. The van der Waals surface area contributed by atoms with Crippen molar-refractivity contribution >= 4 is 6.03 Å². The number of rotatable bonds is 3. The smallest absolute Gasteiger partial charge is 0.318 e. The van der Waals surface area contributed by atoms with Crippen molar-refractivity contribution in [3.05, 3.63) is 53.9 Å². The quantitative estimate of drug-likeness (QED) is 0.915. The highest BCUT2D eigenvalue weighted by molar-refractivity contribution is 5.75.